The molecular weight excluding hydrogens is 318 g/mol. The van der Waals surface area contributed by atoms with Crippen molar-refractivity contribution in [1.82, 2.24) is 0 Å². The van der Waals surface area contributed by atoms with Crippen molar-refractivity contribution < 1.29 is 9.59 Å². The summed E-state index contributed by atoms with van der Waals surface area (Å²) < 4.78 is 0. The van der Waals surface area contributed by atoms with Crippen molar-refractivity contribution in [3.05, 3.63) is 33.0 Å². The molecule has 1 aromatic rings. The fraction of sp³-hybridized carbons (Fsp3) is 0.333. The molecule has 0 fully saturated rings. The Bertz CT molecular complexity index is 699. The van der Waals surface area contributed by atoms with Crippen molar-refractivity contribution in [1.29, 1.82) is 5.26 Å². The highest BCUT2D eigenvalue weighted by Crippen LogP contribution is 2.43. The average molecular weight is 333 g/mol. The molecule has 2 atom stereocenters. The lowest BCUT2D eigenvalue weighted by atomic mass is 9.79. The number of Topliss-reactive ketones (excluding diaryl/α,β-unsaturated/α-hetero) is 1. The molecule has 1 unspecified atom stereocenters. The van der Waals surface area contributed by atoms with E-state index in [1.807, 2.05) is 17.5 Å². The van der Waals surface area contributed by atoms with Crippen LogP contribution in [0.5, 0.6) is 0 Å². The van der Waals surface area contributed by atoms with E-state index >= 15 is 0 Å². The number of amides is 1. The highest BCUT2D eigenvalue weighted by molar-refractivity contribution is 8.03. The molecule has 5 nitrogen and oxygen atoms in total. The lowest BCUT2D eigenvalue weighted by Crippen LogP contribution is -2.31. The van der Waals surface area contributed by atoms with Crippen molar-refractivity contribution in [2.75, 3.05) is 5.75 Å². The maximum absolute atomic E-state index is 12.1. The molecule has 0 bridgehead atoms. The van der Waals surface area contributed by atoms with Crippen LogP contribution in [0.4, 0.5) is 0 Å². The first-order chi connectivity index (χ1) is 10.5. The first kappa shape index (κ1) is 16.5. The average Bonchev–Trinajstić information content (AvgIpc) is 2.97. The largest absolute Gasteiger partial charge is 0.369 e. The highest BCUT2D eigenvalue weighted by atomic mass is 32.2. The Morgan fingerprint density at radius 2 is 2.27 bits per heavy atom. The zero-order valence-corrected chi connectivity index (χ0v) is 13.8. The Morgan fingerprint density at radius 1 is 1.55 bits per heavy atom. The lowest BCUT2D eigenvalue weighted by Gasteiger charge is -2.29. The fourth-order valence-corrected chi connectivity index (χ4v) is 4.19. The number of rotatable bonds is 5. The van der Waals surface area contributed by atoms with E-state index in [9.17, 15) is 14.9 Å². The Labute approximate surface area is 136 Å². The molecule has 0 saturated carbocycles. The molecular formula is C15H15N3O2S2. The van der Waals surface area contributed by atoms with Gasteiger partial charge < -0.3 is 5.73 Å². The van der Waals surface area contributed by atoms with E-state index in [-0.39, 0.29) is 17.5 Å². The van der Waals surface area contributed by atoms with Crippen LogP contribution in [-0.2, 0) is 9.59 Å². The fourth-order valence-electron chi connectivity index (χ4n) is 2.50. The van der Waals surface area contributed by atoms with E-state index in [1.54, 1.807) is 6.92 Å². The van der Waals surface area contributed by atoms with Crippen molar-refractivity contribution in [3.8, 4) is 6.07 Å². The summed E-state index contributed by atoms with van der Waals surface area (Å²) in [5.41, 5.74) is 6.26. The molecule has 1 amide bonds. The number of carbonyl (C=O) groups excluding carboxylic acids is 2. The van der Waals surface area contributed by atoms with E-state index in [2.05, 4.69) is 11.1 Å². The summed E-state index contributed by atoms with van der Waals surface area (Å²) >= 11 is 2.65. The number of nitriles is 1. The zero-order chi connectivity index (χ0) is 16.3. The minimum Gasteiger partial charge on any atom is -0.369 e. The molecule has 1 aliphatic heterocycles. The Kier molecular flexibility index (Phi) is 5.16. The predicted octanol–water partition coefficient (Wildman–Crippen LogP) is 2.47. The first-order valence-corrected chi connectivity index (χ1v) is 8.46. The number of thioether (sulfide) groups is 1. The zero-order valence-electron chi connectivity index (χ0n) is 12.2. The third-order valence-corrected chi connectivity index (χ3v) is 5.33. The van der Waals surface area contributed by atoms with Gasteiger partial charge in [0.05, 0.1) is 23.3 Å². The van der Waals surface area contributed by atoms with Gasteiger partial charge in [-0.15, -0.1) is 11.3 Å². The van der Waals surface area contributed by atoms with Crippen LogP contribution in [0, 0.1) is 17.2 Å². The maximum Gasteiger partial charge on any atom is 0.227 e. The second kappa shape index (κ2) is 6.90. The molecule has 7 heteroatoms. The first-order valence-electron chi connectivity index (χ1n) is 6.60. The summed E-state index contributed by atoms with van der Waals surface area (Å²) in [4.78, 5) is 28.4. The number of nitrogens with two attached hydrogens (primary N) is 1. The Hall–Kier alpha value is -1.91. The molecule has 2 N–H and O–H groups in total. The number of primary amides is 1. The van der Waals surface area contributed by atoms with Gasteiger partial charge in [-0.3, -0.25) is 9.59 Å². The topological polar surface area (TPSA) is 96.3 Å². The van der Waals surface area contributed by atoms with Crippen LogP contribution in [-0.4, -0.2) is 23.2 Å². The van der Waals surface area contributed by atoms with Crippen LogP contribution in [0.25, 0.3) is 0 Å². The minimum absolute atomic E-state index is 0.0219. The number of hydrogen-bond donors (Lipinski definition) is 1. The number of nitrogens with zero attached hydrogens (tertiary/aromatic N) is 2. The van der Waals surface area contributed by atoms with Crippen molar-refractivity contribution in [3.63, 3.8) is 0 Å². The monoisotopic (exact) mass is 333 g/mol. The second-order valence-electron chi connectivity index (χ2n) is 4.92. The molecule has 2 rings (SSSR count). The van der Waals surface area contributed by atoms with E-state index in [1.165, 1.54) is 18.3 Å². The van der Waals surface area contributed by atoms with Crippen LogP contribution >= 0.6 is 23.1 Å². The van der Waals surface area contributed by atoms with Crippen LogP contribution in [0.3, 0.4) is 0 Å². The quantitative estimate of drug-likeness (QED) is 0.895. The standard InChI is InChI=1S/C15H15N3O2S2/c1-8-13(9(2)19)14(11-4-3-5-21-11)10(6-16)15(18-8)22-7-12(17)20/h3-5,13-14H,7H2,1-2H3,(H2,17,20)/t13?,14-/m0/s1. The van der Waals surface area contributed by atoms with Gasteiger partial charge in [-0.1, -0.05) is 17.8 Å². The highest BCUT2D eigenvalue weighted by Gasteiger charge is 2.38. The molecule has 0 spiro atoms. The summed E-state index contributed by atoms with van der Waals surface area (Å²) in [6.07, 6.45) is 0. The molecule has 0 aliphatic carbocycles. The number of carbonyl (C=O) groups is 2. The normalized spacial score (nSPS) is 21.2. The van der Waals surface area contributed by atoms with Crippen LogP contribution in [0.2, 0.25) is 0 Å². The van der Waals surface area contributed by atoms with E-state index < -0.39 is 11.8 Å². The van der Waals surface area contributed by atoms with Crippen molar-refractivity contribution in [2.45, 2.75) is 19.8 Å². The molecule has 1 aromatic heterocycles. The number of hydrogen-bond acceptors (Lipinski definition) is 6. The van der Waals surface area contributed by atoms with Crippen LogP contribution in [0.15, 0.2) is 33.1 Å². The van der Waals surface area contributed by atoms with Gasteiger partial charge in [0.25, 0.3) is 0 Å². The van der Waals surface area contributed by atoms with Gasteiger partial charge in [-0.05, 0) is 25.3 Å². The van der Waals surface area contributed by atoms with E-state index in [0.717, 1.165) is 16.6 Å². The number of aliphatic imine (C=N–C) groups is 1. The number of thiophene rings is 1. The molecule has 1 aliphatic rings. The third-order valence-electron chi connectivity index (χ3n) is 3.36. The van der Waals surface area contributed by atoms with Gasteiger partial charge in [0.2, 0.25) is 5.91 Å². The van der Waals surface area contributed by atoms with Gasteiger partial charge in [-0.2, -0.15) is 5.26 Å². The van der Waals surface area contributed by atoms with Crippen LogP contribution < -0.4 is 5.73 Å². The third kappa shape index (κ3) is 3.29. The van der Waals surface area contributed by atoms with Crippen molar-refractivity contribution >= 4 is 40.5 Å². The summed E-state index contributed by atoms with van der Waals surface area (Å²) in [5, 5.41) is 12.0. The van der Waals surface area contributed by atoms with Gasteiger partial charge in [0, 0.05) is 16.5 Å². The molecule has 2 heterocycles. The summed E-state index contributed by atoms with van der Waals surface area (Å²) in [5.74, 6) is -1.21. The minimum atomic E-state index is -0.469. The summed E-state index contributed by atoms with van der Waals surface area (Å²) in [6.45, 7) is 3.30. The second-order valence-corrected chi connectivity index (χ2v) is 6.86. The maximum atomic E-state index is 12.1. The SMILES string of the molecule is CC(=O)C1C(C)=NC(SCC(N)=O)=C(C#N)[C@H]1c1cccs1. The van der Waals surface area contributed by atoms with Gasteiger partial charge >= 0.3 is 0 Å². The van der Waals surface area contributed by atoms with Crippen molar-refractivity contribution in [2.24, 2.45) is 16.6 Å². The molecule has 0 radical (unpaired) electrons. The molecule has 22 heavy (non-hydrogen) atoms. The number of allylic oxidation sites excluding steroid dienone is 1. The summed E-state index contributed by atoms with van der Waals surface area (Å²) in [7, 11) is 0. The number of ketones is 1. The van der Waals surface area contributed by atoms with Gasteiger partial charge in [0.1, 0.15) is 10.8 Å². The van der Waals surface area contributed by atoms with Gasteiger partial charge in [-0.25, -0.2) is 4.99 Å². The van der Waals surface area contributed by atoms with Crippen LogP contribution in [0.1, 0.15) is 24.6 Å². The van der Waals surface area contributed by atoms with E-state index in [4.69, 9.17) is 5.73 Å². The molecule has 0 aromatic carbocycles. The molecule has 0 saturated heterocycles. The van der Waals surface area contributed by atoms with Gasteiger partial charge in [0.15, 0.2) is 0 Å². The Balaban J connectivity index is 2.52. The van der Waals surface area contributed by atoms with E-state index in [0.29, 0.717) is 16.3 Å². The smallest absolute Gasteiger partial charge is 0.227 e. The molecule has 114 valence electrons. The summed E-state index contributed by atoms with van der Waals surface area (Å²) in [6, 6.07) is 5.98. The predicted molar refractivity (Wildman–Crippen MR) is 88.6 cm³/mol. The Morgan fingerprint density at radius 3 is 2.77 bits per heavy atom. The lowest BCUT2D eigenvalue weighted by molar-refractivity contribution is -0.119.